The minimum atomic E-state index is -0.526. The van der Waals surface area contributed by atoms with Gasteiger partial charge < -0.3 is 10.6 Å². The lowest BCUT2D eigenvalue weighted by atomic mass is 9.70. The second kappa shape index (κ2) is 5.52. The van der Waals surface area contributed by atoms with Crippen LogP contribution in [0.4, 0.5) is 0 Å². The Kier molecular flexibility index (Phi) is 3.91. The molecule has 0 saturated heterocycles. The van der Waals surface area contributed by atoms with E-state index in [1.54, 1.807) is 24.4 Å². The van der Waals surface area contributed by atoms with Crippen LogP contribution < -0.4 is 5.73 Å². The number of halogens is 1. The van der Waals surface area contributed by atoms with Crippen molar-refractivity contribution < 1.29 is 9.63 Å². The molecule has 2 aliphatic carbocycles. The predicted octanol–water partition coefficient (Wildman–Crippen LogP) is 4.00. The molecule has 0 aliphatic heterocycles. The van der Waals surface area contributed by atoms with Crippen LogP contribution >= 0.6 is 11.6 Å². The first-order chi connectivity index (χ1) is 10.8. The topological polar surface area (TPSA) is 64.7 Å². The molecule has 1 aromatic carbocycles. The van der Waals surface area contributed by atoms with Gasteiger partial charge in [0, 0.05) is 21.6 Å². The Balaban J connectivity index is 1.75. The molecule has 2 saturated carbocycles. The van der Waals surface area contributed by atoms with Gasteiger partial charge in [-0.15, -0.1) is 0 Å². The van der Waals surface area contributed by atoms with Crippen LogP contribution in [0, 0.1) is 16.7 Å². The van der Waals surface area contributed by atoms with Crippen LogP contribution in [0.5, 0.6) is 0 Å². The molecule has 1 amide bonds. The van der Waals surface area contributed by atoms with Crippen LogP contribution in [-0.2, 0) is 4.84 Å². The Morgan fingerprint density at radius 2 is 2.17 bits per heavy atom. The van der Waals surface area contributed by atoms with Gasteiger partial charge in [-0.05, 0) is 42.7 Å². The van der Waals surface area contributed by atoms with Crippen LogP contribution in [0.1, 0.15) is 56.0 Å². The number of amides is 1. The molecule has 3 rings (SSSR count). The van der Waals surface area contributed by atoms with Crippen molar-refractivity contribution in [2.75, 3.05) is 0 Å². The lowest BCUT2D eigenvalue weighted by Gasteiger charge is -2.37. The zero-order chi connectivity index (χ0) is 16.8. The summed E-state index contributed by atoms with van der Waals surface area (Å²) in [7, 11) is 0. The van der Waals surface area contributed by atoms with Gasteiger partial charge in [-0.2, -0.15) is 0 Å². The Hall–Kier alpha value is -1.55. The molecule has 3 atom stereocenters. The lowest BCUT2D eigenvalue weighted by Crippen LogP contribution is -2.36. The summed E-state index contributed by atoms with van der Waals surface area (Å²) in [5.41, 5.74) is 6.79. The van der Waals surface area contributed by atoms with E-state index in [2.05, 4.69) is 25.9 Å². The quantitative estimate of drug-likeness (QED) is 0.668. The number of primary amides is 1. The molecule has 2 N–H and O–H groups in total. The van der Waals surface area contributed by atoms with Gasteiger partial charge in [-0.25, -0.2) is 0 Å². The number of benzene rings is 1. The fourth-order valence-electron chi connectivity index (χ4n) is 4.30. The summed E-state index contributed by atoms with van der Waals surface area (Å²) in [4.78, 5) is 17.3. The van der Waals surface area contributed by atoms with Crippen LogP contribution in [0.25, 0.3) is 0 Å². The average molecular weight is 335 g/mol. The molecule has 4 nitrogen and oxygen atoms in total. The highest BCUT2D eigenvalue weighted by molar-refractivity contribution is 6.31. The van der Waals surface area contributed by atoms with Gasteiger partial charge in [-0.3, -0.25) is 4.79 Å². The molecule has 124 valence electrons. The first kappa shape index (κ1) is 16.3. The van der Waals surface area contributed by atoms with Gasteiger partial charge in [0.15, 0.2) is 0 Å². The number of carbonyl (C=O) groups excluding carboxylic acids is 1. The molecule has 1 aromatic rings. The lowest BCUT2D eigenvalue weighted by molar-refractivity contribution is -0.0439. The number of rotatable bonds is 4. The summed E-state index contributed by atoms with van der Waals surface area (Å²) in [6, 6.07) is 4.98. The summed E-state index contributed by atoms with van der Waals surface area (Å²) >= 11 is 5.91. The van der Waals surface area contributed by atoms with E-state index in [1.807, 2.05) is 0 Å². The summed E-state index contributed by atoms with van der Waals surface area (Å²) in [5, 5.41) is 4.62. The molecule has 0 heterocycles. The zero-order valence-corrected chi connectivity index (χ0v) is 14.6. The molecule has 3 unspecified atom stereocenters. The van der Waals surface area contributed by atoms with Crippen LogP contribution in [0.2, 0.25) is 5.02 Å². The number of hydrogen-bond acceptors (Lipinski definition) is 3. The van der Waals surface area contributed by atoms with Crippen molar-refractivity contribution in [3.63, 3.8) is 0 Å². The summed E-state index contributed by atoms with van der Waals surface area (Å²) in [6.07, 6.45) is 5.17. The summed E-state index contributed by atoms with van der Waals surface area (Å²) in [6.45, 7) is 6.97. The highest BCUT2D eigenvalue weighted by Gasteiger charge is 2.62. The maximum atomic E-state index is 11.5. The van der Waals surface area contributed by atoms with Gasteiger partial charge >= 0.3 is 0 Å². The second-order valence-electron chi connectivity index (χ2n) is 7.53. The zero-order valence-electron chi connectivity index (χ0n) is 13.8. The van der Waals surface area contributed by atoms with Crippen molar-refractivity contribution in [2.24, 2.45) is 27.6 Å². The van der Waals surface area contributed by atoms with Crippen molar-refractivity contribution in [3.8, 4) is 0 Å². The molecule has 23 heavy (non-hydrogen) atoms. The van der Waals surface area contributed by atoms with E-state index in [0.717, 1.165) is 6.42 Å². The number of hydrogen-bond donors (Lipinski definition) is 1. The number of carbonyl (C=O) groups is 1. The van der Waals surface area contributed by atoms with Gasteiger partial charge in [-0.1, -0.05) is 43.6 Å². The maximum absolute atomic E-state index is 11.5. The first-order valence-corrected chi connectivity index (χ1v) is 8.42. The van der Waals surface area contributed by atoms with Gasteiger partial charge in [0.1, 0.15) is 6.10 Å². The van der Waals surface area contributed by atoms with Gasteiger partial charge in [0.05, 0.1) is 6.21 Å². The predicted molar refractivity (Wildman–Crippen MR) is 91.7 cm³/mol. The van der Waals surface area contributed by atoms with Crippen molar-refractivity contribution >= 4 is 23.7 Å². The Morgan fingerprint density at radius 1 is 1.43 bits per heavy atom. The fraction of sp³-hybridized carbons (Fsp3) is 0.556. The maximum Gasteiger partial charge on any atom is 0.249 e. The van der Waals surface area contributed by atoms with E-state index in [1.165, 1.54) is 12.8 Å². The third-order valence-corrected chi connectivity index (χ3v) is 6.61. The fourth-order valence-corrected chi connectivity index (χ4v) is 4.48. The van der Waals surface area contributed by atoms with Crippen molar-refractivity contribution in [1.29, 1.82) is 0 Å². The van der Waals surface area contributed by atoms with E-state index >= 15 is 0 Å². The normalized spacial score (nSPS) is 31.7. The monoisotopic (exact) mass is 334 g/mol. The van der Waals surface area contributed by atoms with E-state index in [-0.39, 0.29) is 16.9 Å². The van der Waals surface area contributed by atoms with Crippen molar-refractivity contribution in [1.82, 2.24) is 0 Å². The molecular formula is C18H23ClN2O2. The SMILES string of the molecule is CC1(C)C2CCC1(C)C(ON=Cc1ccc(Cl)cc1C(N)=O)C2. The summed E-state index contributed by atoms with van der Waals surface area (Å²) < 4.78 is 0. The van der Waals surface area contributed by atoms with Gasteiger partial charge in [0.25, 0.3) is 0 Å². The Bertz CT molecular complexity index is 671. The molecule has 0 spiro atoms. The van der Waals surface area contributed by atoms with Crippen molar-refractivity contribution in [2.45, 2.75) is 46.1 Å². The number of oxime groups is 1. The van der Waals surface area contributed by atoms with E-state index < -0.39 is 5.91 Å². The third kappa shape index (κ3) is 2.53. The van der Waals surface area contributed by atoms with Crippen LogP contribution in [0.15, 0.2) is 23.4 Å². The smallest absolute Gasteiger partial charge is 0.249 e. The molecule has 0 radical (unpaired) electrons. The largest absolute Gasteiger partial charge is 0.392 e. The minimum absolute atomic E-state index is 0.122. The summed E-state index contributed by atoms with van der Waals surface area (Å²) in [5.74, 6) is 0.173. The van der Waals surface area contributed by atoms with E-state index in [9.17, 15) is 4.79 Å². The standard InChI is InChI=1S/C18H23ClN2O2/c1-17(2)12-6-7-18(17,3)15(8-12)23-21-10-11-4-5-13(19)9-14(11)16(20)22/h4-5,9-10,12,15H,6-8H2,1-3H3,(H2,20,22). The second-order valence-corrected chi connectivity index (χ2v) is 7.97. The molecule has 2 aliphatic rings. The van der Waals surface area contributed by atoms with E-state index in [0.29, 0.717) is 22.1 Å². The third-order valence-electron chi connectivity index (χ3n) is 6.37. The van der Waals surface area contributed by atoms with Gasteiger partial charge in [0.2, 0.25) is 5.91 Å². The van der Waals surface area contributed by atoms with Crippen LogP contribution in [-0.4, -0.2) is 18.2 Å². The molecule has 0 aromatic heterocycles. The highest BCUT2D eigenvalue weighted by Crippen LogP contribution is 2.66. The van der Waals surface area contributed by atoms with E-state index in [4.69, 9.17) is 22.2 Å². The molecule has 5 heteroatoms. The molecule has 2 bridgehead atoms. The van der Waals surface area contributed by atoms with Crippen LogP contribution in [0.3, 0.4) is 0 Å². The average Bonchev–Trinajstić information content (AvgIpc) is 2.81. The highest BCUT2D eigenvalue weighted by atomic mass is 35.5. The molecular weight excluding hydrogens is 312 g/mol. The number of nitrogens with two attached hydrogens (primary N) is 1. The Labute approximate surface area is 142 Å². The number of nitrogens with zero attached hydrogens (tertiary/aromatic N) is 1. The van der Waals surface area contributed by atoms with Crippen molar-refractivity contribution in [3.05, 3.63) is 34.3 Å². The Morgan fingerprint density at radius 3 is 2.74 bits per heavy atom. The first-order valence-electron chi connectivity index (χ1n) is 8.04. The molecule has 2 fully saturated rings. The minimum Gasteiger partial charge on any atom is -0.392 e. The number of fused-ring (bicyclic) bond motifs is 2.